The zero-order valence-corrected chi connectivity index (χ0v) is 37.6. The van der Waals surface area contributed by atoms with Gasteiger partial charge in [0, 0.05) is 31.7 Å². The summed E-state index contributed by atoms with van der Waals surface area (Å²) in [6.45, 7) is 3.22. The number of aliphatic hydroxyl groups excluding tert-OH is 3. The van der Waals surface area contributed by atoms with E-state index >= 15 is 0 Å². The van der Waals surface area contributed by atoms with Crippen molar-refractivity contribution in [2.45, 2.75) is 173 Å². The van der Waals surface area contributed by atoms with Crippen LogP contribution in [0.3, 0.4) is 0 Å². The molecule has 1 rings (SSSR count). The maximum Gasteiger partial charge on any atom is 0.472 e. The van der Waals surface area contributed by atoms with E-state index in [-0.39, 0.29) is 44.4 Å². The Labute approximate surface area is 361 Å². The van der Waals surface area contributed by atoms with Crippen LogP contribution < -0.4 is 5.73 Å². The van der Waals surface area contributed by atoms with Crippen LogP contribution in [0.5, 0.6) is 0 Å². The van der Waals surface area contributed by atoms with Gasteiger partial charge in [0.15, 0.2) is 6.10 Å². The van der Waals surface area contributed by atoms with Gasteiger partial charge in [-0.15, -0.1) is 0 Å². The summed E-state index contributed by atoms with van der Waals surface area (Å²) < 4.78 is 32.8. The monoisotopic (exact) mass is 866 g/mol. The second kappa shape index (κ2) is 36.9. The molecular formula is C47H80NO11P. The van der Waals surface area contributed by atoms with Gasteiger partial charge in [-0.25, -0.2) is 4.57 Å². The highest BCUT2D eigenvalue weighted by atomic mass is 31.2. The Morgan fingerprint density at radius 1 is 0.733 bits per heavy atom. The maximum absolute atomic E-state index is 12.6. The molecule has 0 aromatic rings. The van der Waals surface area contributed by atoms with Gasteiger partial charge in [0.1, 0.15) is 6.61 Å². The molecule has 1 fully saturated rings. The summed E-state index contributed by atoms with van der Waals surface area (Å²) in [6, 6.07) is 0. The average molecular weight is 866 g/mol. The summed E-state index contributed by atoms with van der Waals surface area (Å²) in [5, 5.41) is 31.4. The van der Waals surface area contributed by atoms with Crippen molar-refractivity contribution in [2.75, 3.05) is 26.4 Å². The minimum Gasteiger partial charge on any atom is -0.462 e. The molecule has 344 valence electrons. The van der Waals surface area contributed by atoms with E-state index in [1.807, 2.05) is 6.08 Å². The number of nitrogens with two attached hydrogens (primary N) is 1. The fourth-order valence-electron chi connectivity index (χ4n) is 6.81. The number of allylic oxidation sites excluding steroid dienone is 10. The van der Waals surface area contributed by atoms with Crippen LogP contribution in [0.2, 0.25) is 0 Å². The van der Waals surface area contributed by atoms with Crippen molar-refractivity contribution >= 4 is 19.8 Å². The van der Waals surface area contributed by atoms with Crippen molar-refractivity contribution in [3.63, 3.8) is 0 Å². The first kappa shape index (κ1) is 55.3. The van der Waals surface area contributed by atoms with Gasteiger partial charge < -0.3 is 35.4 Å². The first-order valence-corrected chi connectivity index (χ1v) is 24.2. The Bertz CT molecular complexity index is 1330. The zero-order chi connectivity index (χ0) is 44.1. The average Bonchev–Trinajstić information content (AvgIpc) is 3.49. The van der Waals surface area contributed by atoms with Crippen molar-refractivity contribution in [3.05, 3.63) is 72.9 Å². The number of unbranched alkanes of at least 4 members (excludes halogenated alkanes) is 8. The molecule has 1 aliphatic rings. The molecule has 0 spiro atoms. The summed E-state index contributed by atoms with van der Waals surface area (Å²) in [7, 11) is -4.45. The SMILES string of the molecule is CC/C=C\C/C=C\C/C=C\C/C=C\C/C=C\CCCCCC(=O)O[C@H](COC(=O)CCCCCC[C@@H]1[C@@H](/C=C/[C@@H](O)CCCCC)[C@H](O)C[C@@H]1O)COP(=O)(O)OCCN. The van der Waals surface area contributed by atoms with E-state index in [2.05, 4.69) is 74.6 Å². The number of esters is 2. The summed E-state index contributed by atoms with van der Waals surface area (Å²) in [4.78, 5) is 35.1. The van der Waals surface area contributed by atoms with Gasteiger partial charge in [-0.2, -0.15) is 0 Å². The van der Waals surface area contributed by atoms with Gasteiger partial charge >= 0.3 is 19.8 Å². The Kier molecular flexibility index (Phi) is 34.1. The van der Waals surface area contributed by atoms with Crippen LogP contribution >= 0.6 is 7.82 Å². The first-order valence-electron chi connectivity index (χ1n) is 22.7. The molecule has 7 atom stereocenters. The lowest BCUT2D eigenvalue weighted by Crippen LogP contribution is -2.29. The lowest BCUT2D eigenvalue weighted by molar-refractivity contribution is -0.161. The number of phosphoric acid groups is 1. The quantitative estimate of drug-likeness (QED) is 0.0172. The number of carbonyl (C=O) groups excluding carboxylic acids is 2. The molecule has 0 amide bonds. The zero-order valence-electron chi connectivity index (χ0n) is 36.7. The Morgan fingerprint density at radius 2 is 1.33 bits per heavy atom. The largest absolute Gasteiger partial charge is 0.472 e. The minimum atomic E-state index is -4.45. The van der Waals surface area contributed by atoms with E-state index in [4.69, 9.17) is 24.3 Å². The summed E-state index contributed by atoms with van der Waals surface area (Å²) >= 11 is 0. The van der Waals surface area contributed by atoms with Crippen LogP contribution in [0.4, 0.5) is 0 Å². The Morgan fingerprint density at radius 3 is 1.97 bits per heavy atom. The number of hydrogen-bond acceptors (Lipinski definition) is 11. The second-order valence-electron chi connectivity index (χ2n) is 15.5. The van der Waals surface area contributed by atoms with E-state index in [1.54, 1.807) is 6.08 Å². The van der Waals surface area contributed by atoms with Crippen LogP contribution in [-0.2, 0) is 32.7 Å². The third-order valence-corrected chi connectivity index (χ3v) is 11.2. The van der Waals surface area contributed by atoms with Crippen LogP contribution in [0, 0.1) is 11.8 Å². The van der Waals surface area contributed by atoms with E-state index in [0.29, 0.717) is 25.7 Å². The molecule has 12 nitrogen and oxygen atoms in total. The third kappa shape index (κ3) is 30.4. The van der Waals surface area contributed by atoms with Gasteiger partial charge in [-0.05, 0) is 76.5 Å². The molecule has 60 heavy (non-hydrogen) atoms. The molecule has 1 unspecified atom stereocenters. The number of phosphoric ester groups is 1. The molecule has 0 radical (unpaired) electrons. The molecular weight excluding hydrogens is 785 g/mol. The van der Waals surface area contributed by atoms with Crippen LogP contribution in [0.1, 0.15) is 149 Å². The van der Waals surface area contributed by atoms with Crippen molar-refractivity contribution in [2.24, 2.45) is 17.6 Å². The van der Waals surface area contributed by atoms with Gasteiger partial charge in [0.25, 0.3) is 0 Å². The van der Waals surface area contributed by atoms with Crippen LogP contribution in [-0.4, -0.2) is 82.9 Å². The third-order valence-electron chi connectivity index (χ3n) is 10.2. The number of carbonyl (C=O) groups is 2. The van der Waals surface area contributed by atoms with E-state index in [1.165, 1.54) is 0 Å². The number of rotatable bonds is 37. The lowest BCUT2D eigenvalue weighted by Gasteiger charge is -2.21. The van der Waals surface area contributed by atoms with Gasteiger partial charge in [0.05, 0.1) is 31.5 Å². The van der Waals surface area contributed by atoms with E-state index < -0.39 is 50.8 Å². The minimum absolute atomic E-state index is 0.0127. The molecule has 13 heteroatoms. The topological polar surface area (TPSA) is 195 Å². The van der Waals surface area contributed by atoms with Crippen molar-refractivity contribution in [1.82, 2.24) is 0 Å². The van der Waals surface area contributed by atoms with E-state index in [9.17, 15) is 34.4 Å². The lowest BCUT2D eigenvalue weighted by atomic mass is 9.88. The predicted octanol–water partition coefficient (Wildman–Crippen LogP) is 9.43. The first-order chi connectivity index (χ1) is 29.0. The molecule has 0 aromatic heterocycles. The highest BCUT2D eigenvalue weighted by Gasteiger charge is 2.39. The number of ether oxygens (including phenoxy) is 2. The normalized spacial score (nSPS) is 20.7. The Hall–Kier alpha value is -2.67. The maximum atomic E-state index is 12.6. The van der Waals surface area contributed by atoms with E-state index in [0.717, 1.165) is 96.3 Å². The molecule has 0 heterocycles. The summed E-state index contributed by atoms with van der Waals surface area (Å²) in [5.41, 5.74) is 5.35. The molecule has 1 saturated carbocycles. The summed E-state index contributed by atoms with van der Waals surface area (Å²) in [6.07, 6.45) is 38.5. The number of hydrogen-bond donors (Lipinski definition) is 5. The fourth-order valence-corrected chi connectivity index (χ4v) is 7.58. The number of aliphatic hydroxyl groups is 3. The predicted molar refractivity (Wildman–Crippen MR) is 240 cm³/mol. The van der Waals surface area contributed by atoms with Gasteiger partial charge in [0.2, 0.25) is 0 Å². The second-order valence-corrected chi connectivity index (χ2v) is 17.0. The molecule has 0 aromatic carbocycles. The smallest absolute Gasteiger partial charge is 0.462 e. The van der Waals surface area contributed by atoms with Crippen molar-refractivity contribution in [3.8, 4) is 0 Å². The molecule has 0 aliphatic heterocycles. The molecule has 6 N–H and O–H groups in total. The summed E-state index contributed by atoms with van der Waals surface area (Å²) in [5.74, 6) is -1.30. The fraction of sp³-hybridized carbons (Fsp3) is 0.702. The Balaban J connectivity index is 2.38. The molecule has 0 bridgehead atoms. The van der Waals surface area contributed by atoms with Crippen LogP contribution in [0.25, 0.3) is 0 Å². The standard InChI is InChI=1S/C47H80NO11P/c1-3-5-7-8-9-10-11-12-13-14-15-16-17-18-19-20-21-22-28-32-47(53)59-41(39-58-60(54,55)57-36-35-48)38-56-46(52)31-27-24-23-26-30-42-43(45(51)37-44(42)50)34-33-40(49)29-25-6-4-2/h5,7,9-10,12-13,15-16,18-19,33-34,40-45,49-51H,3-4,6,8,11,14,17,20-32,35-39,48H2,1-2H3,(H,54,55)/b7-5-,10-9-,13-12-,16-15-,19-18-,34-33+/t40-,41+,42+,43+,44-,45+/m0/s1. The van der Waals surface area contributed by atoms with Crippen molar-refractivity contribution < 1.29 is 52.9 Å². The van der Waals surface area contributed by atoms with Gasteiger partial charge in [-0.1, -0.05) is 132 Å². The van der Waals surface area contributed by atoms with Crippen LogP contribution in [0.15, 0.2) is 72.9 Å². The molecule has 0 saturated heterocycles. The van der Waals surface area contributed by atoms with Gasteiger partial charge in [-0.3, -0.25) is 18.6 Å². The molecule has 1 aliphatic carbocycles. The van der Waals surface area contributed by atoms with Crippen molar-refractivity contribution in [1.29, 1.82) is 0 Å². The highest BCUT2D eigenvalue weighted by Crippen LogP contribution is 2.43. The highest BCUT2D eigenvalue weighted by molar-refractivity contribution is 7.47.